The first-order valence-corrected chi connectivity index (χ1v) is 10.6. The minimum atomic E-state index is -0.456. The summed E-state index contributed by atoms with van der Waals surface area (Å²) in [7, 11) is 0. The summed E-state index contributed by atoms with van der Waals surface area (Å²) >= 11 is 0. The second kappa shape index (κ2) is 8.97. The standard InChI is InChI=1S/C23H34N2O3/c1-23(2,3)28-22(27)24-14-11-19(12-15-24)17-25-13-7-10-20(21(25)26)16-18-8-5-4-6-9-18/h4-6,8-9,19-20H,7,10-17H2,1-3H3. The first-order chi connectivity index (χ1) is 13.3. The van der Waals surface area contributed by atoms with E-state index in [1.165, 1.54) is 5.56 Å². The fraction of sp³-hybridized carbons (Fsp3) is 0.652. The third-order valence-electron chi connectivity index (χ3n) is 5.71. The number of carbonyl (C=O) groups excluding carboxylic acids is 2. The zero-order chi connectivity index (χ0) is 20.1. The summed E-state index contributed by atoms with van der Waals surface area (Å²) in [5.41, 5.74) is 0.787. The van der Waals surface area contributed by atoms with Gasteiger partial charge < -0.3 is 14.5 Å². The van der Waals surface area contributed by atoms with E-state index in [2.05, 4.69) is 17.0 Å². The van der Waals surface area contributed by atoms with Crippen LogP contribution >= 0.6 is 0 Å². The van der Waals surface area contributed by atoms with Crippen molar-refractivity contribution in [1.82, 2.24) is 9.80 Å². The number of likely N-dealkylation sites (tertiary alicyclic amines) is 2. The van der Waals surface area contributed by atoms with E-state index in [0.29, 0.717) is 11.8 Å². The molecule has 2 amide bonds. The lowest BCUT2D eigenvalue weighted by atomic mass is 9.89. The molecule has 0 aliphatic carbocycles. The van der Waals surface area contributed by atoms with E-state index in [9.17, 15) is 9.59 Å². The van der Waals surface area contributed by atoms with Gasteiger partial charge >= 0.3 is 6.09 Å². The van der Waals surface area contributed by atoms with Gasteiger partial charge in [0.2, 0.25) is 5.91 Å². The Morgan fingerprint density at radius 1 is 1.07 bits per heavy atom. The summed E-state index contributed by atoms with van der Waals surface area (Å²) in [5.74, 6) is 0.890. The maximum atomic E-state index is 13.0. The van der Waals surface area contributed by atoms with Crippen LogP contribution < -0.4 is 0 Å². The summed E-state index contributed by atoms with van der Waals surface area (Å²) in [5, 5.41) is 0. The van der Waals surface area contributed by atoms with Crippen molar-refractivity contribution in [3.05, 3.63) is 35.9 Å². The highest BCUT2D eigenvalue weighted by Gasteiger charge is 2.32. The minimum absolute atomic E-state index is 0.109. The number of hydrogen-bond acceptors (Lipinski definition) is 3. The fourth-order valence-electron chi connectivity index (χ4n) is 4.23. The molecule has 28 heavy (non-hydrogen) atoms. The molecule has 0 radical (unpaired) electrons. The van der Waals surface area contributed by atoms with Gasteiger partial charge in [-0.25, -0.2) is 4.79 Å². The molecule has 0 bridgehead atoms. The fourth-order valence-corrected chi connectivity index (χ4v) is 4.23. The predicted octanol–water partition coefficient (Wildman–Crippen LogP) is 4.11. The number of benzene rings is 1. The maximum Gasteiger partial charge on any atom is 0.410 e. The van der Waals surface area contributed by atoms with E-state index < -0.39 is 5.60 Å². The Kier molecular flexibility index (Phi) is 6.63. The van der Waals surface area contributed by atoms with E-state index in [1.807, 2.05) is 39.0 Å². The van der Waals surface area contributed by atoms with Gasteiger partial charge in [-0.1, -0.05) is 30.3 Å². The smallest absolute Gasteiger partial charge is 0.410 e. The van der Waals surface area contributed by atoms with Crippen LogP contribution in [0.3, 0.4) is 0 Å². The van der Waals surface area contributed by atoms with Crippen molar-refractivity contribution >= 4 is 12.0 Å². The monoisotopic (exact) mass is 386 g/mol. The van der Waals surface area contributed by atoms with Gasteiger partial charge in [0, 0.05) is 32.1 Å². The molecule has 2 saturated heterocycles. The van der Waals surface area contributed by atoms with Crippen LogP contribution in [0.15, 0.2) is 30.3 Å². The third kappa shape index (κ3) is 5.73. The van der Waals surface area contributed by atoms with E-state index in [-0.39, 0.29) is 12.0 Å². The van der Waals surface area contributed by atoms with Gasteiger partial charge in [0.1, 0.15) is 5.60 Å². The Morgan fingerprint density at radius 3 is 2.39 bits per heavy atom. The number of hydrogen-bond donors (Lipinski definition) is 0. The molecule has 2 aliphatic heterocycles. The number of rotatable bonds is 4. The predicted molar refractivity (Wildman–Crippen MR) is 110 cm³/mol. The third-order valence-corrected chi connectivity index (χ3v) is 5.71. The van der Waals surface area contributed by atoms with E-state index >= 15 is 0 Å². The molecule has 154 valence electrons. The van der Waals surface area contributed by atoms with E-state index in [1.54, 1.807) is 4.90 Å². The molecule has 5 heteroatoms. The lowest BCUT2D eigenvalue weighted by Gasteiger charge is -2.38. The van der Waals surface area contributed by atoms with Crippen molar-refractivity contribution in [3.63, 3.8) is 0 Å². The second-order valence-electron chi connectivity index (χ2n) is 9.22. The van der Waals surface area contributed by atoms with Crippen LogP contribution in [0.25, 0.3) is 0 Å². The van der Waals surface area contributed by atoms with Crippen LogP contribution in [-0.4, -0.2) is 53.6 Å². The molecule has 1 atom stereocenters. The van der Waals surface area contributed by atoms with Gasteiger partial charge in [0.25, 0.3) is 0 Å². The van der Waals surface area contributed by atoms with Gasteiger partial charge in [-0.15, -0.1) is 0 Å². The molecule has 2 heterocycles. The normalized spacial score (nSPS) is 21.7. The highest BCUT2D eigenvalue weighted by Crippen LogP contribution is 2.26. The molecule has 1 unspecified atom stereocenters. The van der Waals surface area contributed by atoms with Crippen LogP contribution in [-0.2, 0) is 16.0 Å². The van der Waals surface area contributed by atoms with Crippen molar-refractivity contribution < 1.29 is 14.3 Å². The van der Waals surface area contributed by atoms with Gasteiger partial charge in [0.05, 0.1) is 0 Å². The topological polar surface area (TPSA) is 49.9 Å². The molecule has 2 fully saturated rings. The van der Waals surface area contributed by atoms with Gasteiger partial charge in [0.15, 0.2) is 0 Å². The summed E-state index contributed by atoms with van der Waals surface area (Å²) in [6.45, 7) is 8.81. The average Bonchev–Trinajstić information content (AvgIpc) is 2.65. The largest absolute Gasteiger partial charge is 0.444 e. The average molecular weight is 387 g/mol. The van der Waals surface area contributed by atoms with Gasteiger partial charge in [-0.05, 0) is 64.4 Å². The molecular weight excluding hydrogens is 352 g/mol. The van der Waals surface area contributed by atoms with Crippen molar-refractivity contribution in [2.75, 3.05) is 26.2 Å². The molecule has 0 spiro atoms. The molecule has 5 nitrogen and oxygen atoms in total. The highest BCUT2D eigenvalue weighted by molar-refractivity contribution is 5.80. The Bertz CT molecular complexity index is 660. The number of piperidine rings is 2. The summed E-state index contributed by atoms with van der Waals surface area (Å²) < 4.78 is 5.47. The maximum absolute atomic E-state index is 13.0. The Labute approximate surface area is 169 Å². The second-order valence-corrected chi connectivity index (χ2v) is 9.22. The summed E-state index contributed by atoms with van der Waals surface area (Å²) in [4.78, 5) is 29.1. The number of ether oxygens (including phenoxy) is 1. The molecule has 0 aromatic heterocycles. The van der Waals surface area contributed by atoms with E-state index in [4.69, 9.17) is 4.74 Å². The minimum Gasteiger partial charge on any atom is -0.444 e. The molecule has 0 N–H and O–H groups in total. The molecule has 1 aromatic rings. The van der Waals surface area contributed by atoms with Crippen molar-refractivity contribution in [2.24, 2.45) is 11.8 Å². The Morgan fingerprint density at radius 2 is 1.75 bits per heavy atom. The Hall–Kier alpha value is -2.04. The first kappa shape index (κ1) is 20.7. The quantitative estimate of drug-likeness (QED) is 0.782. The molecule has 3 rings (SSSR count). The molecule has 1 aromatic carbocycles. The SMILES string of the molecule is CC(C)(C)OC(=O)N1CCC(CN2CCCC(Cc3ccccc3)C2=O)CC1. The molecule has 2 aliphatic rings. The van der Waals surface area contributed by atoms with Crippen LogP contribution in [0, 0.1) is 11.8 Å². The zero-order valence-electron chi connectivity index (χ0n) is 17.5. The lowest BCUT2D eigenvalue weighted by molar-refractivity contribution is -0.139. The summed E-state index contributed by atoms with van der Waals surface area (Å²) in [6.07, 6.45) is 4.57. The van der Waals surface area contributed by atoms with Crippen LogP contribution in [0.1, 0.15) is 52.0 Å². The number of nitrogens with zero attached hydrogens (tertiary/aromatic N) is 2. The lowest BCUT2D eigenvalue weighted by Crippen LogP contribution is -2.47. The number of carbonyl (C=O) groups is 2. The van der Waals surface area contributed by atoms with Crippen LogP contribution in [0.2, 0.25) is 0 Å². The van der Waals surface area contributed by atoms with Crippen molar-refractivity contribution in [1.29, 1.82) is 0 Å². The van der Waals surface area contributed by atoms with E-state index in [0.717, 1.165) is 58.3 Å². The highest BCUT2D eigenvalue weighted by atomic mass is 16.6. The first-order valence-electron chi connectivity index (χ1n) is 10.6. The van der Waals surface area contributed by atoms with Crippen LogP contribution in [0.4, 0.5) is 4.79 Å². The Balaban J connectivity index is 1.48. The van der Waals surface area contributed by atoms with Gasteiger partial charge in [-0.2, -0.15) is 0 Å². The van der Waals surface area contributed by atoms with Crippen molar-refractivity contribution in [3.8, 4) is 0 Å². The molecular formula is C23H34N2O3. The summed E-state index contributed by atoms with van der Waals surface area (Å²) in [6, 6.07) is 10.3. The zero-order valence-corrected chi connectivity index (χ0v) is 17.5. The number of amides is 2. The molecule has 0 saturated carbocycles. The van der Waals surface area contributed by atoms with Crippen LogP contribution in [0.5, 0.6) is 0 Å². The van der Waals surface area contributed by atoms with Gasteiger partial charge in [-0.3, -0.25) is 4.79 Å². The van der Waals surface area contributed by atoms with Crippen molar-refractivity contribution in [2.45, 2.75) is 58.5 Å².